The van der Waals surface area contributed by atoms with Crippen LogP contribution in [0.5, 0.6) is 17.2 Å². The van der Waals surface area contributed by atoms with Crippen molar-refractivity contribution in [3.05, 3.63) is 59.7 Å². The number of ether oxygens (including phenoxy) is 3. The Morgan fingerprint density at radius 3 is 2.09 bits per heavy atom. The minimum Gasteiger partial charge on any atom is -0.493 e. The summed E-state index contributed by atoms with van der Waals surface area (Å²) in [4.78, 5) is 12.0. The number of esters is 1. The standard InChI is InChI=1S/C18H18O4/c1-13-7-9-14(10-8-13)11-12-17(19)22-18-15(20-2)5-4-6-16(18)21-3/h4-12H,1-3H3/b12-11+. The largest absolute Gasteiger partial charge is 0.493 e. The summed E-state index contributed by atoms with van der Waals surface area (Å²) in [5.41, 5.74) is 2.09. The normalized spacial score (nSPS) is 10.5. The van der Waals surface area contributed by atoms with E-state index in [1.54, 1.807) is 24.3 Å². The fourth-order valence-electron chi connectivity index (χ4n) is 1.89. The summed E-state index contributed by atoms with van der Waals surface area (Å²) in [6.45, 7) is 2.01. The van der Waals surface area contributed by atoms with Gasteiger partial charge in [0.05, 0.1) is 14.2 Å². The summed E-state index contributed by atoms with van der Waals surface area (Å²) in [5, 5.41) is 0. The number of methoxy groups -OCH3 is 2. The molecule has 2 aromatic carbocycles. The molecule has 0 fully saturated rings. The van der Waals surface area contributed by atoms with E-state index in [-0.39, 0.29) is 5.75 Å². The number of rotatable bonds is 5. The Morgan fingerprint density at radius 1 is 0.955 bits per heavy atom. The smallest absolute Gasteiger partial charge is 0.336 e. The maximum absolute atomic E-state index is 12.0. The predicted octanol–water partition coefficient (Wildman–Crippen LogP) is 3.63. The third-order valence-electron chi connectivity index (χ3n) is 3.07. The monoisotopic (exact) mass is 298 g/mol. The molecule has 0 amide bonds. The van der Waals surface area contributed by atoms with Gasteiger partial charge in [0.25, 0.3) is 0 Å². The van der Waals surface area contributed by atoms with Crippen LogP contribution in [-0.2, 0) is 4.79 Å². The number of carbonyl (C=O) groups excluding carboxylic acids is 1. The van der Waals surface area contributed by atoms with Crippen molar-refractivity contribution in [3.63, 3.8) is 0 Å². The van der Waals surface area contributed by atoms with Gasteiger partial charge in [-0.2, -0.15) is 0 Å². The van der Waals surface area contributed by atoms with Crippen LogP contribution in [0.15, 0.2) is 48.5 Å². The number of benzene rings is 2. The lowest BCUT2D eigenvalue weighted by Crippen LogP contribution is -2.06. The molecule has 0 aliphatic carbocycles. The van der Waals surface area contributed by atoms with E-state index in [0.29, 0.717) is 11.5 Å². The van der Waals surface area contributed by atoms with Gasteiger partial charge < -0.3 is 14.2 Å². The van der Waals surface area contributed by atoms with Gasteiger partial charge in [-0.3, -0.25) is 0 Å². The Kier molecular flexibility index (Phi) is 5.20. The predicted molar refractivity (Wildman–Crippen MR) is 85.4 cm³/mol. The fraction of sp³-hybridized carbons (Fsp3) is 0.167. The Hall–Kier alpha value is -2.75. The van der Waals surface area contributed by atoms with Gasteiger partial charge >= 0.3 is 5.97 Å². The minimum atomic E-state index is -0.497. The zero-order chi connectivity index (χ0) is 15.9. The molecule has 0 saturated heterocycles. The Labute approximate surface area is 129 Å². The van der Waals surface area contributed by atoms with Crippen LogP contribution in [0.3, 0.4) is 0 Å². The third-order valence-corrected chi connectivity index (χ3v) is 3.07. The summed E-state index contributed by atoms with van der Waals surface area (Å²) in [6, 6.07) is 13.0. The average molecular weight is 298 g/mol. The molecule has 0 heterocycles. The van der Waals surface area contributed by atoms with E-state index in [9.17, 15) is 4.79 Å². The topological polar surface area (TPSA) is 44.8 Å². The molecule has 0 bridgehead atoms. The third kappa shape index (κ3) is 3.88. The minimum absolute atomic E-state index is 0.269. The Balaban J connectivity index is 2.13. The van der Waals surface area contributed by atoms with Crippen molar-refractivity contribution in [1.82, 2.24) is 0 Å². The molecule has 0 N–H and O–H groups in total. The molecular formula is C18H18O4. The van der Waals surface area contributed by atoms with E-state index in [0.717, 1.165) is 5.56 Å². The number of hydrogen-bond donors (Lipinski definition) is 0. The molecule has 2 aromatic rings. The maximum Gasteiger partial charge on any atom is 0.336 e. The van der Waals surface area contributed by atoms with Crippen molar-refractivity contribution in [1.29, 1.82) is 0 Å². The van der Waals surface area contributed by atoms with Crippen LogP contribution in [0.25, 0.3) is 6.08 Å². The average Bonchev–Trinajstić information content (AvgIpc) is 2.54. The van der Waals surface area contributed by atoms with Crippen LogP contribution in [0.1, 0.15) is 11.1 Å². The molecule has 4 heteroatoms. The SMILES string of the molecule is COc1cccc(OC)c1OC(=O)/C=C/c1ccc(C)cc1. The molecule has 114 valence electrons. The summed E-state index contributed by atoms with van der Waals surface area (Å²) in [7, 11) is 3.02. The van der Waals surface area contributed by atoms with Gasteiger partial charge in [0.1, 0.15) is 0 Å². The van der Waals surface area contributed by atoms with Crippen molar-refractivity contribution in [2.24, 2.45) is 0 Å². The first-order valence-electron chi connectivity index (χ1n) is 6.81. The van der Waals surface area contributed by atoms with Crippen molar-refractivity contribution in [2.75, 3.05) is 14.2 Å². The Morgan fingerprint density at radius 2 is 1.55 bits per heavy atom. The maximum atomic E-state index is 12.0. The molecule has 2 rings (SSSR count). The number of para-hydroxylation sites is 1. The Bertz CT molecular complexity index is 650. The van der Waals surface area contributed by atoms with E-state index in [1.807, 2.05) is 31.2 Å². The zero-order valence-corrected chi connectivity index (χ0v) is 12.8. The number of carbonyl (C=O) groups is 1. The van der Waals surface area contributed by atoms with Crippen molar-refractivity contribution in [2.45, 2.75) is 6.92 Å². The first-order chi connectivity index (χ1) is 10.6. The van der Waals surface area contributed by atoms with Crippen molar-refractivity contribution < 1.29 is 19.0 Å². The quantitative estimate of drug-likeness (QED) is 0.480. The lowest BCUT2D eigenvalue weighted by Gasteiger charge is -2.11. The van der Waals surface area contributed by atoms with Gasteiger partial charge in [-0.1, -0.05) is 35.9 Å². The summed E-state index contributed by atoms with van der Waals surface area (Å²) < 4.78 is 15.7. The highest BCUT2D eigenvalue weighted by Gasteiger charge is 2.13. The van der Waals surface area contributed by atoms with Crippen LogP contribution in [-0.4, -0.2) is 20.2 Å². The van der Waals surface area contributed by atoms with E-state index in [4.69, 9.17) is 14.2 Å². The molecular weight excluding hydrogens is 280 g/mol. The van der Waals surface area contributed by atoms with Gasteiger partial charge in [-0.05, 0) is 30.7 Å². The number of aryl methyl sites for hydroxylation is 1. The number of hydrogen-bond acceptors (Lipinski definition) is 4. The first-order valence-corrected chi connectivity index (χ1v) is 6.81. The second kappa shape index (κ2) is 7.31. The highest BCUT2D eigenvalue weighted by molar-refractivity contribution is 5.89. The molecule has 0 unspecified atom stereocenters. The molecule has 0 saturated carbocycles. The van der Waals surface area contributed by atoms with Crippen LogP contribution in [0, 0.1) is 6.92 Å². The van der Waals surface area contributed by atoms with Gasteiger partial charge in [-0.25, -0.2) is 4.79 Å². The molecule has 22 heavy (non-hydrogen) atoms. The van der Waals surface area contributed by atoms with Crippen LogP contribution in [0.4, 0.5) is 0 Å². The van der Waals surface area contributed by atoms with Crippen LogP contribution >= 0.6 is 0 Å². The van der Waals surface area contributed by atoms with E-state index >= 15 is 0 Å². The summed E-state index contributed by atoms with van der Waals surface area (Å²) in [5.74, 6) is 0.655. The molecule has 0 aliphatic heterocycles. The summed E-state index contributed by atoms with van der Waals surface area (Å²) >= 11 is 0. The van der Waals surface area contributed by atoms with Gasteiger partial charge in [0.15, 0.2) is 11.5 Å². The highest BCUT2D eigenvalue weighted by atomic mass is 16.6. The van der Waals surface area contributed by atoms with Crippen molar-refractivity contribution >= 4 is 12.0 Å². The highest BCUT2D eigenvalue weighted by Crippen LogP contribution is 2.36. The molecule has 0 aromatic heterocycles. The van der Waals surface area contributed by atoms with Gasteiger partial charge in [0, 0.05) is 6.08 Å². The van der Waals surface area contributed by atoms with Crippen molar-refractivity contribution in [3.8, 4) is 17.2 Å². The zero-order valence-electron chi connectivity index (χ0n) is 12.8. The molecule has 0 radical (unpaired) electrons. The molecule has 0 aliphatic rings. The molecule has 0 spiro atoms. The van der Waals surface area contributed by atoms with Gasteiger partial charge in [-0.15, -0.1) is 0 Å². The first kappa shape index (κ1) is 15.6. The van der Waals surface area contributed by atoms with Gasteiger partial charge in [0.2, 0.25) is 5.75 Å². The van der Waals surface area contributed by atoms with Crippen LogP contribution in [0.2, 0.25) is 0 Å². The second-order valence-electron chi connectivity index (χ2n) is 4.66. The molecule has 4 nitrogen and oxygen atoms in total. The summed E-state index contributed by atoms with van der Waals surface area (Å²) in [6.07, 6.45) is 3.07. The van der Waals surface area contributed by atoms with Crippen LogP contribution < -0.4 is 14.2 Å². The lowest BCUT2D eigenvalue weighted by molar-refractivity contribution is -0.129. The van der Waals surface area contributed by atoms with E-state index in [2.05, 4.69) is 0 Å². The van der Waals surface area contributed by atoms with E-state index in [1.165, 1.54) is 25.9 Å². The molecule has 0 atom stereocenters. The fourth-order valence-corrected chi connectivity index (χ4v) is 1.89. The van der Waals surface area contributed by atoms with E-state index < -0.39 is 5.97 Å². The second-order valence-corrected chi connectivity index (χ2v) is 4.66. The lowest BCUT2D eigenvalue weighted by atomic mass is 10.1.